The predicted octanol–water partition coefficient (Wildman–Crippen LogP) is -6.06. The van der Waals surface area contributed by atoms with E-state index in [1.165, 1.54) is 38.2 Å². The van der Waals surface area contributed by atoms with Crippen molar-refractivity contribution in [1.82, 2.24) is 0 Å². The van der Waals surface area contributed by atoms with Crippen LogP contribution in [0.3, 0.4) is 0 Å². The number of ether oxygens (including phenoxy) is 18. The first-order valence-corrected chi connectivity index (χ1v) is 49.1. The van der Waals surface area contributed by atoms with Gasteiger partial charge in [-0.25, -0.2) is 9.59 Å². The molecule has 0 aromatic carbocycles. The molecule has 0 bridgehead atoms. The lowest BCUT2D eigenvalue weighted by molar-refractivity contribution is -0.390. The predicted molar refractivity (Wildman–Crippen MR) is 478 cm³/mol. The van der Waals surface area contributed by atoms with E-state index in [0.717, 1.165) is 0 Å². The second kappa shape index (κ2) is 45.6. The summed E-state index contributed by atoms with van der Waals surface area (Å²) in [7, 11) is 0. The highest BCUT2D eigenvalue weighted by molar-refractivity contribution is 5.89. The average molecular weight is 2040 g/mol. The molecule has 0 aromatic rings. The van der Waals surface area contributed by atoms with Gasteiger partial charge in [-0.3, -0.25) is 4.79 Å². The van der Waals surface area contributed by atoms with Crippen LogP contribution in [0.2, 0.25) is 0 Å². The second-order valence-corrected chi connectivity index (χ2v) is 43.3. The van der Waals surface area contributed by atoms with E-state index in [0.29, 0.717) is 31.3 Å². The molecule has 25 N–H and O–H groups in total. The third kappa shape index (κ3) is 22.3. The van der Waals surface area contributed by atoms with Crippen molar-refractivity contribution in [2.24, 2.45) is 50.2 Å². The van der Waals surface area contributed by atoms with Gasteiger partial charge in [0.25, 0.3) is 0 Å². The molecular formula is C96H152O46. The van der Waals surface area contributed by atoms with Crippen molar-refractivity contribution >= 4 is 17.9 Å². The van der Waals surface area contributed by atoms with E-state index in [9.17, 15) is 132 Å². The van der Waals surface area contributed by atoms with Crippen LogP contribution in [0.15, 0.2) is 60.3 Å². The highest BCUT2D eigenvalue weighted by atomic mass is 16.8. The van der Waals surface area contributed by atoms with Crippen LogP contribution in [0.25, 0.3) is 0 Å². The summed E-state index contributed by atoms with van der Waals surface area (Å²) in [6.07, 6.45) is -60.9. The van der Waals surface area contributed by atoms with E-state index in [1.54, 1.807) is 27.7 Å². The van der Waals surface area contributed by atoms with Crippen LogP contribution in [0.1, 0.15) is 160 Å². The SMILES string of the molecule is C=CC(C)(O)CC/C=C(\CO)C(=O)O[C@H]1[C@H](O)C[C@H](O[C@@](C)(C=C)CC/C=C(\CO)C(=O)O[C@H]2C[C@]3(C(=O)O[C@@H]4O[C@H](CO)[C@@H](O)[C@H](O)[C@H]4O[C@@H]4O[C@@H](C)[C@H](O[C@@H]5O[C@@H](CO)[C@H](O)[C@H]5O)[C@@H](O[C@@H]5O[C@H](CO)[C@@H](O)[C@H](O)[C@H]5O)[C@H]4O)[C@H](O)C[C@]4(C)C(=CC[C@@H]5[C@@]6(C)CC[C@H](O[C@@H]7O[C@H](CO[C@@H]8OC[C@H](O)[C@H](O)[C@H]8O)[C@@H](O)[C@H](O)[C@H]7O[C@@H]7O[C@H](CO)[C@@H](O)[C@H](O)[C@H]7O)C(C)(C)[C@@H]6CC[C@]54C)[C@H]3CC2(C)C)O[C@@H]1C. The third-order valence-corrected chi connectivity index (χ3v) is 33.5. The Bertz CT molecular complexity index is 4310. The number of aliphatic hydroxyl groups is 25. The summed E-state index contributed by atoms with van der Waals surface area (Å²) in [5, 5.41) is 278. The summed E-state index contributed by atoms with van der Waals surface area (Å²) >= 11 is 0. The van der Waals surface area contributed by atoms with E-state index in [4.69, 9.17) is 85.3 Å². The van der Waals surface area contributed by atoms with Gasteiger partial charge < -0.3 is 213 Å². The molecule has 8 heterocycles. The molecule has 12 fully saturated rings. The minimum absolute atomic E-state index is 0.0122. The van der Waals surface area contributed by atoms with Crippen molar-refractivity contribution in [2.45, 2.75) is 416 Å². The zero-order chi connectivity index (χ0) is 104. The number of aliphatic hydroxyl groups excluding tert-OH is 24. The summed E-state index contributed by atoms with van der Waals surface area (Å²) in [5.74, 6) is -4.81. The van der Waals surface area contributed by atoms with Crippen molar-refractivity contribution in [3.63, 3.8) is 0 Å². The smallest absolute Gasteiger partial charge is 0.336 e. The number of allylic oxidation sites excluding steroid dienone is 4. The fourth-order valence-electron chi connectivity index (χ4n) is 24.4. The van der Waals surface area contributed by atoms with Crippen molar-refractivity contribution in [2.75, 3.05) is 52.9 Å². The lowest BCUT2D eigenvalue weighted by Gasteiger charge is -2.72. The minimum atomic E-state index is -2.30. The zero-order valence-corrected chi connectivity index (χ0v) is 81.7. The highest BCUT2D eigenvalue weighted by Gasteiger charge is 2.74. The summed E-state index contributed by atoms with van der Waals surface area (Å²) < 4.78 is 110. The summed E-state index contributed by atoms with van der Waals surface area (Å²) in [6, 6.07) is 0. The van der Waals surface area contributed by atoms with Crippen LogP contribution >= 0.6 is 0 Å². The monoisotopic (exact) mass is 2040 g/mol. The lowest BCUT2D eigenvalue weighted by Crippen LogP contribution is -2.70. The topological polar surface area (TPSA) is 723 Å². The van der Waals surface area contributed by atoms with Gasteiger partial charge in [0.05, 0.1) is 106 Å². The Kier molecular flexibility index (Phi) is 36.8. The number of carbonyl (C=O) groups is 3. The van der Waals surface area contributed by atoms with E-state index >= 15 is 9.59 Å². The third-order valence-electron chi connectivity index (χ3n) is 33.5. The Hall–Kier alpha value is -4.49. The summed E-state index contributed by atoms with van der Waals surface area (Å²) in [5.41, 5.74) is -8.97. The van der Waals surface area contributed by atoms with Gasteiger partial charge in [0.15, 0.2) is 56.2 Å². The van der Waals surface area contributed by atoms with E-state index in [2.05, 4.69) is 33.1 Å². The van der Waals surface area contributed by atoms with E-state index in [1.807, 2.05) is 20.8 Å². The molecule has 46 heteroatoms. The summed E-state index contributed by atoms with van der Waals surface area (Å²) in [6.45, 7) is 21.3. The normalized spacial score (nSPS) is 48.0. The molecule has 13 aliphatic rings. The first kappa shape index (κ1) is 115. The zero-order valence-electron chi connectivity index (χ0n) is 81.7. The Morgan fingerprint density at radius 2 is 0.951 bits per heavy atom. The Balaban J connectivity index is 0.799. The van der Waals surface area contributed by atoms with Gasteiger partial charge in [-0.15, -0.1) is 13.2 Å². The number of carbonyl (C=O) groups excluding carboxylic acids is 3. The molecule has 49 atom stereocenters. The molecule has 0 amide bonds. The van der Waals surface area contributed by atoms with Crippen LogP contribution in [-0.2, 0) is 99.6 Å². The van der Waals surface area contributed by atoms with Gasteiger partial charge in [-0.2, -0.15) is 0 Å². The molecule has 0 aromatic heterocycles. The van der Waals surface area contributed by atoms with Gasteiger partial charge in [0.1, 0.15) is 158 Å². The average Bonchev–Trinajstić information content (AvgIpc) is 0.686. The van der Waals surface area contributed by atoms with Crippen molar-refractivity contribution in [3.05, 3.63) is 60.3 Å². The van der Waals surface area contributed by atoms with Crippen LogP contribution in [0.5, 0.6) is 0 Å². The van der Waals surface area contributed by atoms with Gasteiger partial charge in [-0.1, -0.05) is 84.4 Å². The van der Waals surface area contributed by atoms with E-state index < -0.39 is 372 Å². The quantitative estimate of drug-likeness (QED) is 0.00923. The van der Waals surface area contributed by atoms with Gasteiger partial charge in [0.2, 0.25) is 6.29 Å². The van der Waals surface area contributed by atoms with Crippen molar-refractivity contribution < 1.29 is 227 Å². The fraction of sp³-hybridized carbons (Fsp3) is 0.865. The van der Waals surface area contributed by atoms with Crippen LogP contribution in [-0.4, -0.2) is 455 Å². The molecule has 1 unspecified atom stereocenters. The molecule has 13 rings (SSSR count). The molecule has 0 spiro atoms. The first-order valence-electron chi connectivity index (χ1n) is 49.1. The standard InChI is InChI=1S/C96H152O46/c1-14-91(9,124)24-16-18-43(33-98)80(122)136-74-40(3)127-58(28-46(74)103)142-92(10,15-2)25-17-19-42(32-97)79(121)134-57-31-96(88(123)141-87-78(67(114)62(109)50(36-101)132-87)140-85-73(120)76(138-83-71(118)65(112)60(107)48(34-99)129-83)75(41(4)128-85)137-82-70(117)63(110)51(37-102)131-82)45(29-89(57,5)6)44-20-21-54-93(11)26-23-56(90(7,8)53(93)22-27-94(54,12)95(44,13)30-55(96)105)135-86-77(139-84-72(119)66(113)61(108)49(35-100)130-84)68(115)64(111)52(133-86)39-126-81-69(116)59(106)47(104)38-125-81/h14-15,18-20,40-41,45-78,81-87,97-120,124H,1-2,16-17,21-39H2,3-13H3/b42-19+,43-18+/t40-,41+,45-,46-,47+,48-,49-,50-,51+,52-,53+,54-,55-,56+,57+,58+,59+,60-,61-,62-,63+,64-,65+,66+,67+,68+,69-,70-,71-,72-,73-,74-,75+,76+,77-,78-,81+,82+,83+,84+,85+,86+,87+,91?,92+,93+,94-,95-,96-/m1/s1. The molecule has 8 aliphatic heterocycles. The molecule has 4 saturated carbocycles. The van der Waals surface area contributed by atoms with E-state index in [-0.39, 0.29) is 74.3 Å². The number of hydrogen-bond donors (Lipinski definition) is 25. The highest BCUT2D eigenvalue weighted by Crippen LogP contribution is 2.76. The molecule has 812 valence electrons. The number of fused-ring (bicyclic) bond motifs is 7. The fourth-order valence-corrected chi connectivity index (χ4v) is 24.4. The Labute approximate surface area is 821 Å². The second-order valence-electron chi connectivity index (χ2n) is 43.3. The lowest BCUT2D eigenvalue weighted by atomic mass is 9.33. The van der Waals surface area contributed by atoms with Gasteiger partial charge in [0, 0.05) is 18.3 Å². The Morgan fingerprint density at radius 3 is 1.50 bits per heavy atom. The van der Waals surface area contributed by atoms with Crippen molar-refractivity contribution in [1.29, 1.82) is 0 Å². The number of rotatable bonds is 35. The van der Waals surface area contributed by atoms with Gasteiger partial charge >= 0.3 is 17.9 Å². The molecule has 46 nitrogen and oxygen atoms in total. The van der Waals surface area contributed by atoms with Crippen LogP contribution in [0.4, 0.5) is 0 Å². The first-order chi connectivity index (χ1) is 66.7. The van der Waals surface area contributed by atoms with Crippen LogP contribution < -0.4 is 0 Å². The van der Waals surface area contributed by atoms with Crippen molar-refractivity contribution in [3.8, 4) is 0 Å². The maximum absolute atomic E-state index is 16.9. The number of esters is 3. The largest absolute Gasteiger partial charge is 0.458 e. The molecule has 142 heavy (non-hydrogen) atoms. The van der Waals surface area contributed by atoms with Crippen LogP contribution in [0, 0.1) is 50.2 Å². The maximum atomic E-state index is 16.9. The number of hydrogen-bond acceptors (Lipinski definition) is 46. The summed E-state index contributed by atoms with van der Waals surface area (Å²) in [4.78, 5) is 45.3. The molecule has 5 aliphatic carbocycles. The maximum Gasteiger partial charge on any atom is 0.336 e. The van der Waals surface area contributed by atoms with Gasteiger partial charge in [-0.05, 0) is 138 Å². The Morgan fingerprint density at radius 1 is 0.465 bits per heavy atom. The molecule has 0 radical (unpaired) electrons. The molecular weight excluding hydrogens is 1890 g/mol. The molecule has 8 saturated heterocycles. The minimum Gasteiger partial charge on any atom is -0.458 e.